The van der Waals surface area contributed by atoms with Gasteiger partial charge >= 0.3 is 0 Å². The van der Waals surface area contributed by atoms with Crippen LogP contribution in [0.4, 0.5) is 0 Å². The highest BCUT2D eigenvalue weighted by Crippen LogP contribution is 2.57. The molecule has 0 radical (unpaired) electrons. The Morgan fingerprint density at radius 1 is 0.500 bits per heavy atom. The molecule has 0 saturated carbocycles. The molecule has 2 aromatic heterocycles. The van der Waals surface area contributed by atoms with Gasteiger partial charge < -0.3 is 0 Å². The first-order chi connectivity index (χ1) is 23.4. The van der Waals surface area contributed by atoms with Crippen LogP contribution >= 0.6 is 11.3 Å². The van der Waals surface area contributed by atoms with Crippen molar-refractivity contribution in [1.82, 2.24) is 9.97 Å². The average Bonchev–Trinajstić information content (AvgIpc) is 3.72. The number of fused-ring (bicyclic) bond motifs is 9. The smallest absolute Gasteiger partial charge is 0.160 e. The van der Waals surface area contributed by atoms with E-state index in [-0.39, 0.29) is 10.8 Å². The molecular formula is C45H32N2S. The van der Waals surface area contributed by atoms with Gasteiger partial charge in [-0.05, 0) is 69.1 Å². The fraction of sp³-hybridized carbons (Fsp3) is 0.111. The van der Waals surface area contributed by atoms with Gasteiger partial charge in [0.2, 0.25) is 0 Å². The van der Waals surface area contributed by atoms with Crippen molar-refractivity contribution in [2.45, 2.75) is 31.6 Å². The fourth-order valence-electron chi connectivity index (χ4n) is 8.46. The number of benzene rings is 6. The van der Waals surface area contributed by atoms with E-state index in [0.717, 1.165) is 32.9 Å². The SMILES string of the molecule is CC1(C)c2ccccc2-c2cc3c(cc21)[C@](C)(c1ccc(-c2nc(-c4ccccc4)nc4c2sc2ccccc24)cc1)c1ccccc1-3. The molecule has 48 heavy (non-hydrogen) atoms. The van der Waals surface area contributed by atoms with Crippen LogP contribution in [0.1, 0.15) is 48.6 Å². The average molecular weight is 633 g/mol. The highest BCUT2D eigenvalue weighted by atomic mass is 32.1. The Hall–Kier alpha value is -5.38. The zero-order chi connectivity index (χ0) is 32.2. The molecule has 0 fully saturated rings. The first kappa shape index (κ1) is 27.7. The van der Waals surface area contributed by atoms with Crippen molar-refractivity contribution in [1.29, 1.82) is 0 Å². The minimum Gasteiger partial charge on any atom is -0.226 e. The molecule has 3 heteroatoms. The van der Waals surface area contributed by atoms with Crippen LogP contribution < -0.4 is 0 Å². The summed E-state index contributed by atoms with van der Waals surface area (Å²) in [6.07, 6.45) is 0. The van der Waals surface area contributed by atoms with Crippen molar-refractivity contribution >= 4 is 31.6 Å². The van der Waals surface area contributed by atoms with E-state index in [2.05, 4.69) is 154 Å². The molecule has 0 aliphatic heterocycles. The predicted octanol–water partition coefficient (Wildman–Crippen LogP) is 11.8. The second-order valence-electron chi connectivity index (χ2n) is 13.9. The van der Waals surface area contributed by atoms with E-state index in [0.29, 0.717) is 0 Å². The summed E-state index contributed by atoms with van der Waals surface area (Å²) in [4.78, 5) is 10.3. The Kier molecular flexibility index (Phi) is 5.67. The molecule has 0 amide bonds. The second-order valence-corrected chi connectivity index (χ2v) is 15.0. The van der Waals surface area contributed by atoms with Gasteiger partial charge in [0.1, 0.15) is 0 Å². The first-order valence-electron chi connectivity index (χ1n) is 16.7. The lowest BCUT2D eigenvalue weighted by Gasteiger charge is -2.30. The summed E-state index contributed by atoms with van der Waals surface area (Å²) < 4.78 is 2.36. The molecule has 0 saturated heterocycles. The van der Waals surface area contributed by atoms with Crippen molar-refractivity contribution in [2.75, 3.05) is 0 Å². The summed E-state index contributed by atoms with van der Waals surface area (Å²) >= 11 is 1.78. The van der Waals surface area contributed by atoms with Gasteiger partial charge in [0, 0.05) is 32.0 Å². The Balaban J connectivity index is 1.15. The van der Waals surface area contributed by atoms with Crippen LogP contribution in [0.15, 0.2) is 140 Å². The van der Waals surface area contributed by atoms with Crippen LogP contribution in [0, 0.1) is 0 Å². The van der Waals surface area contributed by atoms with Crippen molar-refractivity contribution < 1.29 is 0 Å². The number of hydrogen-bond donors (Lipinski definition) is 0. The lowest BCUT2D eigenvalue weighted by molar-refractivity contribution is 0.653. The van der Waals surface area contributed by atoms with E-state index >= 15 is 0 Å². The summed E-state index contributed by atoms with van der Waals surface area (Å²) in [5.41, 5.74) is 16.1. The molecule has 6 aromatic carbocycles. The van der Waals surface area contributed by atoms with Crippen LogP contribution in [-0.4, -0.2) is 9.97 Å². The lowest BCUT2D eigenvalue weighted by atomic mass is 9.72. The quantitative estimate of drug-likeness (QED) is 0.194. The Labute approximate surface area is 284 Å². The summed E-state index contributed by atoms with van der Waals surface area (Å²) in [7, 11) is 0. The van der Waals surface area contributed by atoms with Crippen molar-refractivity contribution in [3.63, 3.8) is 0 Å². The maximum atomic E-state index is 5.23. The molecule has 2 aliphatic rings. The summed E-state index contributed by atoms with van der Waals surface area (Å²) in [6.45, 7) is 7.16. The Morgan fingerprint density at radius 3 is 1.94 bits per heavy atom. The largest absolute Gasteiger partial charge is 0.226 e. The topological polar surface area (TPSA) is 25.8 Å². The standard InChI is InChI=1S/C45H32N2S/c1-44(2)35-18-10-7-15-30(35)33-25-34-31-16-8-11-19-36(31)45(3,38(34)26-37(33)44)29-23-21-27(22-24-29)40-42-41(32-17-9-12-20-39(32)48-42)47-43(46-40)28-13-5-4-6-14-28/h4-26H,1-3H3/t45-/m1/s1. The third kappa shape index (κ3) is 3.68. The van der Waals surface area contributed by atoms with Crippen molar-refractivity contribution in [3.8, 4) is 44.9 Å². The molecule has 2 aliphatic carbocycles. The molecule has 10 rings (SSSR count). The number of hydrogen-bond acceptors (Lipinski definition) is 3. The van der Waals surface area contributed by atoms with Crippen LogP contribution in [0.25, 0.3) is 65.2 Å². The van der Waals surface area contributed by atoms with Crippen LogP contribution in [0.3, 0.4) is 0 Å². The number of nitrogens with zero attached hydrogens (tertiary/aromatic N) is 2. The van der Waals surface area contributed by atoms with E-state index in [1.54, 1.807) is 11.3 Å². The first-order valence-corrected chi connectivity index (χ1v) is 17.5. The summed E-state index contributed by atoms with van der Waals surface area (Å²) in [5, 5.41) is 1.18. The molecule has 2 heterocycles. The van der Waals surface area contributed by atoms with Gasteiger partial charge in [0.15, 0.2) is 5.82 Å². The van der Waals surface area contributed by atoms with E-state index in [9.17, 15) is 0 Å². The van der Waals surface area contributed by atoms with Gasteiger partial charge in [-0.25, -0.2) is 9.97 Å². The highest BCUT2D eigenvalue weighted by molar-refractivity contribution is 7.26. The molecule has 228 valence electrons. The van der Waals surface area contributed by atoms with Crippen LogP contribution in [-0.2, 0) is 10.8 Å². The highest BCUT2D eigenvalue weighted by Gasteiger charge is 2.44. The maximum absolute atomic E-state index is 5.23. The molecule has 2 nitrogen and oxygen atoms in total. The van der Waals surface area contributed by atoms with Gasteiger partial charge in [-0.15, -0.1) is 11.3 Å². The number of thiophene rings is 1. The number of aromatic nitrogens is 2. The van der Waals surface area contributed by atoms with E-state index in [1.807, 2.05) is 6.07 Å². The summed E-state index contributed by atoms with van der Waals surface area (Å²) in [6, 6.07) is 51.0. The molecule has 0 spiro atoms. The minimum atomic E-state index is -0.294. The second kappa shape index (κ2) is 9.82. The Morgan fingerprint density at radius 2 is 1.15 bits per heavy atom. The van der Waals surface area contributed by atoms with Gasteiger partial charge in [0.25, 0.3) is 0 Å². The third-order valence-corrected chi connectivity index (χ3v) is 12.2. The summed E-state index contributed by atoms with van der Waals surface area (Å²) in [5.74, 6) is 0.758. The monoisotopic (exact) mass is 632 g/mol. The minimum absolute atomic E-state index is 0.0560. The van der Waals surface area contributed by atoms with Gasteiger partial charge in [0.05, 0.1) is 15.9 Å². The molecule has 0 N–H and O–H groups in total. The van der Waals surface area contributed by atoms with Crippen molar-refractivity contribution in [3.05, 3.63) is 167 Å². The van der Waals surface area contributed by atoms with Crippen molar-refractivity contribution in [2.24, 2.45) is 0 Å². The number of rotatable bonds is 3. The van der Waals surface area contributed by atoms with Gasteiger partial charge in [-0.3, -0.25) is 0 Å². The predicted molar refractivity (Wildman–Crippen MR) is 201 cm³/mol. The van der Waals surface area contributed by atoms with Crippen LogP contribution in [0.2, 0.25) is 0 Å². The van der Waals surface area contributed by atoms with E-state index < -0.39 is 0 Å². The molecule has 0 bridgehead atoms. The molecular weight excluding hydrogens is 601 g/mol. The molecule has 0 unspecified atom stereocenters. The zero-order valence-electron chi connectivity index (χ0n) is 27.1. The van der Waals surface area contributed by atoms with Crippen LogP contribution in [0.5, 0.6) is 0 Å². The zero-order valence-corrected chi connectivity index (χ0v) is 27.9. The van der Waals surface area contributed by atoms with E-state index in [4.69, 9.17) is 9.97 Å². The molecule has 8 aromatic rings. The van der Waals surface area contributed by atoms with E-state index in [1.165, 1.54) is 60.2 Å². The molecule has 1 atom stereocenters. The fourth-order valence-corrected chi connectivity index (χ4v) is 9.61. The van der Waals surface area contributed by atoms with Gasteiger partial charge in [-0.2, -0.15) is 0 Å². The normalized spacial score (nSPS) is 16.9. The van der Waals surface area contributed by atoms with Gasteiger partial charge in [-0.1, -0.05) is 141 Å². The maximum Gasteiger partial charge on any atom is 0.160 e. The Bertz CT molecular complexity index is 2590. The lowest BCUT2D eigenvalue weighted by Crippen LogP contribution is -2.23. The third-order valence-electron chi connectivity index (χ3n) is 11.0.